The highest BCUT2D eigenvalue weighted by molar-refractivity contribution is 7.11. The predicted octanol–water partition coefficient (Wildman–Crippen LogP) is 2.98. The summed E-state index contributed by atoms with van der Waals surface area (Å²) in [6, 6.07) is 8.63. The third-order valence-electron chi connectivity index (χ3n) is 2.98. The number of nitrogens with one attached hydrogen (secondary N) is 1. The van der Waals surface area contributed by atoms with Crippen molar-refractivity contribution >= 4 is 11.3 Å². The molecule has 1 aromatic carbocycles. The van der Waals surface area contributed by atoms with Crippen LogP contribution >= 0.6 is 11.3 Å². The zero-order chi connectivity index (χ0) is 13.5. The molecule has 0 bridgehead atoms. The Balaban J connectivity index is 1.85. The van der Waals surface area contributed by atoms with Gasteiger partial charge in [-0.05, 0) is 32.0 Å². The Morgan fingerprint density at radius 3 is 2.58 bits per heavy atom. The molecular formula is C15H21N3S. The number of aryl methyl sites for hydroxylation is 2. The quantitative estimate of drug-likeness (QED) is 0.789. The summed E-state index contributed by atoms with van der Waals surface area (Å²) in [5.41, 5.74) is 2.60. The Bertz CT molecular complexity index is 490. The van der Waals surface area contributed by atoms with E-state index in [1.165, 1.54) is 11.1 Å². The molecule has 0 spiro atoms. The molecule has 0 atom stereocenters. The summed E-state index contributed by atoms with van der Waals surface area (Å²) >= 11 is 1.74. The Morgan fingerprint density at radius 2 is 1.84 bits per heavy atom. The molecular weight excluding hydrogens is 254 g/mol. The fourth-order valence-corrected chi connectivity index (χ4v) is 2.80. The normalized spacial score (nSPS) is 10.8. The Labute approximate surface area is 119 Å². The first-order valence-electron chi connectivity index (χ1n) is 6.85. The highest BCUT2D eigenvalue weighted by Gasteiger charge is 2.05. The molecule has 0 unspecified atom stereocenters. The lowest BCUT2D eigenvalue weighted by molar-refractivity contribution is 0.669. The molecule has 2 rings (SSSR count). The fraction of sp³-hybridized carbons (Fsp3) is 0.467. The maximum absolute atomic E-state index is 4.28. The van der Waals surface area contributed by atoms with Crippen molar-refractivity contribution < 1.29 is 0 Å². The number of aromatic nitrogens is 2. The summed E-state index contributed by atoms with van der Waals surface area (Å²) in [7, 11) is 0. The van der Waals surface area contributed by atoms with Crippen molar-refractivity contribution in [3.63, 3.8) is 0 Å². The average Bonchev–Trinajstić information content (AvgIpc) is 2.85. The molecule has 0 aliphatic carbocycles. The van der Waals surface area contributed by atoms with Crippen LogP contribution in [0.25, 0.3) is 0 Å². The van der Waals surface area contributed by atoms with E-state index in [0.29, 0.717) is 0 Å². The number of hydrogen-bond donors (Lipinski definition) is 1. The lowest BCUT2D eigenvalue weighted by atomic mass is 10.1. The van der Waals surface area contributed by atoms with Gasteiger partial charge in [0.2, 0.25) is 0 Å². The maximum Gasteiger partial charge on any atom is 0.121 e. The molecule has 2 aromatic rings. The zero-order valence-corrected chi connectivity index (χ0v) is 12.5. The maximum atomic E-state index is 4.28. The molecule has 102 valence electrons. The van der Waals surface area contributed by atoms with Gasteiger partial charge in [-0.25, -0.2) is 0 Å². The summed E-state index contributed by atoms with van der Waals surface area (Å²) in [4.78, 5) is 0. The van der Waals surface area contributed by atoms with Crippen LogP contribution in [0.1, 0.15) is 34.5 Å². The molecule has 1 heterocycles. The Morgan fingerprint density at radius 1 is 1.11 bits per heavy atom. The molecule has 1 N–H and O–H groups in total. The first-order chi connectivity index (χ1) is 9.28. The smallest absolute Gasteiger partial charge is 0.121 e. The molecule has 3 nitrogen and oxygen atoms in total. The summed E-state index contributed by atoms with van der Waals surface area (Å²) < 4.78 is 0. The van der Waals surface area contributed by atoms with Gasteiger partial charge in [0.05, 0.1) is 0 Å². The molecule has 0 aliphatic rings. The van der Waals surface area contributed by atoms with Crippen molar-refractivity contribution in [3.8, 4) is 0 Å². The van der Waals surface area contributed by atoms with Crippen LogP contribution in [0.4, 0.5) is 0 Å². The minimum absolute atomic E-state index is 0.894. The van der Waals surface area contributed by atoms with E-state index in [4.69, 9.17) is 0 Å². The standard InChI is InChI=1S/C15H21N3S/c1-3-16-10-4-5-14-17-18-15(19-14)11-13-8-6-12(2)7-9-13/h6-9,16H,3-5,10-11H2,1-2H3. The molecule has 0 saturated carbocycles. The SMILES string of the molecule is CCNCCCc1nnc(Cc2ccc(C)cc2)s1. The van der Waals surface area contributed by atoms with Crippen LogP contribution in [0.3, 0.4) is 0 Å². The van der Waals surface area contributed by atoms with Crippen molar-refractivity contribution in [2.45, 2.75) is 33.1 Å². The van der Waals surface area contributed by atoms with Crippen LogP contribution in [0.5, 0.6) is 0 Å². The molecule has 19 heavy (non-hydrogen) atoms. The van der Waals surface area contributed by atoms with E-state index in [1.807, 2.05) is 0 Å². The Kier molecular flexibility index (Phi) is 5.48. The highest BCUT2D eigenvalue weighted by atomic mass is 32.1. The van der Waals surface area contributed by atoms with Crippen LogP contribution in [0, 0.1) is 6.92 Å². The van der Waals surface area contributed by atoms with Gasteiger partial charge in [0, 0.05) is 12.8 Å². The second-order valence-corrected chi connectivity index (χ2v) is 5.86. The van der Waals surface area contributed by atoms with Gasteiger partial charge in [-0.2, -0.15) is 0 Å². The van der Waals surface area contributed by atoms with Gasteiger partial charge in [-0.3, -0.25) is 0 Å². The summed E-state index contributed by atoms with van der Waals surface area (Å²) in [6.07, 6.45) is 3.05. The van der Waals surface area contributed by atoms with Crippen molar-refractivity contribution in [2.75, 3.05) is 13.1 Å². The van der Waals surface area contributed by atoms with Crippen molar-refractivity contribution in [3.05, 3.63) is 45.4 Å². The van der Waals surface area contributed by atoms with Gasteiger partial charge < -0.3 is 5.32 Å². The van der Waals surface area contributed by atoms with E-state index in [9.17, 15) is 0 Å². The van der Waals surface area contributed by atoms with E-state index >= 15 is 0 Å². The van der Waals surface area contributed by atoms with E-state index in [0.717, 1.165) is 42.4 Å². The van der Waals surface area contributed by atoms with Crippen molar-refractivity contribution in [2.24, 2.45) is 0 Å². The van der Waals surface area contributed by atoms with Gasteiger partial charge in [-0.15, -0.1) is 21.5 Å². The third-order valence-corrected chi connectivity index (χ3v) is 3.96. The number of rotatable bonds is 7. The van der Waals surface area contributed by atoms with E-state index in [2.05, 4.69) is 53.6 Å². The van der Waals surface area contributed by atoms with E-state index in [1.54, 1.807) is 11.3 Å². The van der Waals surface area contributed by atoms with Crippen LogP contribution < -0.4 is 5.32 Å². The topological polar surface area (TPSA) is 37.8 Å². The zero-order valence-electron chi connectivity index (χ0n) is 11.6. The monoisotopic (exact) mass is 275 g/mol. The molecule has 0 saturated heterocycles. The summed E-state index contributed by atoms with van der Waals surface area (Å²) in [5.74, 6) is 0. The molecule has 0 radical (unpaired) electrons. The predicted molar refractivity (Wildman–Crippen MR) is 80.8 cm³/mol. The third kappa shape index (κ3) is 4.73. The van der Waals surface area contributed by atoms with Crippen LogP contribution in [0.2, 0.25) is 0 Å². The molecule has 1 aromatic heterocycles. The minimum atomic E-state index is 0.894. The van der Waals surface area contributed by atoms with E-state index < -0.39 is 0 Å². The number of nitrogens with zero attached hydrogens (tertiary/aromatic N) is 2. The summed E-state index contributed by atoms with van der Waals surface area (Å²) in [5, 5.41) is 14.1. The lowest BCUT2D eigenvalue weighted by Crippen LogP contribution is -2.14. The number of hydrogen-bond acceptors (Lipinski definition) is 4. The molecule has 4 heteroatoms. The largest absolute Gasteiger partial charge is 0.317 e. The highest BCUT2D eigenvalue weighted by Crippen LogP contribution is 2.16. The van der Waals surface area contributed by atoms with Crippen LogP contribution in [0.15, 0.2) is 24.3 Å². The first kappa shape index (κ1) is 14.2. The van der Waals surface area contributed by atoms with E-state index in [-0.39, 0.29) is 0 Å². The minimum Gasteiger partial charge on any atom is -0.317 e. The molecule has 0 aliphatic heterocycles. The van der Waals surface area contributed by atoms with Gasteiger partial charge in [0.15, 0.2) is 0 Å². The van der Waals surface area contributed by atoms with Crippen molar-refractivity contribution in [1.29, 1.82) is 0 Å². The average molecular weight is 275 g/mol. The van der Waals surface area contributed by atoms with Gasteiger partial charge in [0.25, 0.3) is 0 Å². The fourth-order valence-electron chi connectivity index (χ4n) is 1.88. The van der Waals surface area contributed by atoms with Gasteiger partial charge >= 0.3 is 0 Å². The van der Waals surface area contributed by atoms with Crippen LogP contribution in [-0.4, -0.2) is 23.3 Å². The summed E-state index contributed by atoms with van der Waals surface area (Å²) in [6.45, 7) is 6.33. The van der Waals surface area contributed by atoms with Gasteiger partial charge in [-0.1, -0.05) is 36.8 Å². The lowest BCUT2D eigenvalue weighted by Gasteiger charge is -1.98. The second-order valence-electron chi connectivity index (χ2n) is 4.71. The van der Waals surface area contributed by atoms with Gasteiger partial charge in [0.1, 0.15) is 10.0 Å². The van der Waals surface area contributed by atoms with Crippen molar-refractivity contribution in [1.82, 2.24) is 15.5 Å². The number of benzene rings is 1. The molecule has 0 amide bonds. The van der Waals surface area contributed by atoms with Crippen LogP contribution in [-0.2, 0) is 12.8 Å². The second kappa shape index (κ2) is 7.36. The molecule has 0 fully saturated rings. The Hall–Kier alpha value is -1.26. The first-order valence-corrected chi connectivity index (χ1v) is 7.67.